The van der Waals surface area contributed by atoms with Gasteiger partial charge in [-0.15, -0.1) is 11.7 Å². The Kier molecular flexibility index (Phi) is 7.02. The average molecular weight is 359 g/mol. The fourth-order valence-corrected chi connectivity index (χ4v) is 7.49. The van der Waals surface area contributed by atoms with Gasteiger partial charge < -0.3 is 4.52 Å². The van der Waals surface area contributed by atoms with Crippen LogP contribution in [0.5, 0.6) is 0 Å². The third kappa shape index (κ3) is 5.47. The lowest BCUT2D eigenvalue weighted by molar-refractivity contribution is 0.355. The summed E-state index contributed by atoms with van der Waals surface area (Å²) in [4.78, 5) is 0. The minimum atomic E-state index is -2.00. The monoisotopic (exact) mass is 358 g/mol. The molecular formula is C14H15OPS4. The van der Waals surface area contributed by atoms with Crippen LogP contribution in [0, 0.1) is 0 Å². The van der Waals surface area contributed by atoms with Crippen molar-refractivity contribution in [2.75, 3.05) is 0 Å². The van der Waals surface area contributed by atoms with Crippen LogP contribution in [-0.2, 0) is 28.7 Å². The van der Waals surface area contributed by atoms with E-state index in [2.05, 4.69) is 23.8 Å². The average Bonchev–Trinajstić information content (AvgIpc) is 2.53. The molecule has 0 heterocycles. The maximum atomic E-state index is 5.96. The van der Waals surface area contributed by atoms with E-state index in [0.29, 0.717) is 6.61 Å². The third-order valence-corrected chi connectivity index (χ3v) is 14.2. The van der Waals surface area contributed by atoms with Crippen molar-refractivity contribution in [2.45, 2.75) is 12.4 Å². The normalized spacial score (nSPS) is 13.8. The summed E-state index contributed by atoms with van der Waals surface area (Å²) in [7, 11) is 1.37. The molecule has 1 atom stereocenters. The first-order valence-corrected chi connectivity index (χ1v) is 12.8. The standard InChI is InChI=1S/C14H15OPS4/c17-16(20-18,15-11-13-7-3-1-4-8-13)19-12-14-9-5-2-6-10-14/h1-10,18H,11-12H2. The molecule has 2 rings (SSSR count). The molecule has 0 amide bonds. The van der Waals surface area contributed by atoms with Crippen molar-refractivity contribution in [3.63, 3.8) is 0 Å². The highest BCUT2D eigenvalue weighted by Gasteiger charge is 2.18. The summed E-state index contributed by atoms with van der Waals surface area (Å²) in [5, 5.41) is 0. The first-order valence-electron chi connectivity index (χ1n) is 6.02. The van der Waals surface area contributed by atoms with E-state index in [-0.39, 0.29) is 0 Å². The van der Waals surface area contributed by atoms with Gasteiger partial charge in [0, 0.05) is 5.75 Å². The van der Waals surface area contributed by atoms with Crippen molar-refractivity contribution in [3.05, 3.63) is 71.8 Å². The number of hydrogen-bond acceptors (Lipinski definition) is 5. The van der Waals surface area contributed by atoms with Gasteiger partial charge >= 0.3 is 0 Å². The van der Waals surface area contributed by atoms with E-state index in [1.165, 1.54) is 16.0 Å². The zero-order valence-corrected chi connectivity index (χ0v) is 15.0. The van der Waals surface area contributed by atoms with Gasteiger partial charge in [-0.2, -0.15) is 0 Å². The molecular weight excluding hydrogens is 343 g/mol. The Labute approximate surface area is 138 Å². The molecule has 0 aliphatic carbocycles. The molecule has 0 radical (unpaired) electrons. The highest BCUT2D eigenvalue weighted by atomic mass is 33.5. The van der Waals surface area contributed by atoms with Gasteiger partial charge in [-0.05, 0) is 33.3 Å². The van der Waals surface area contributed by atoms with Crippen molar-refractivity contribution in [3.8, 4) is 0 Å². The fourth-order valence-electron chi connectivity index (χ4n) is 1.54. The molecule has 2 aromatic carbocycles. The molecule has 0 saturated heterocycles. The third-order valence-electron chi connectivity index (χ3n) is 2.56. The van der Waals surface area contributed by atoms with E-state index < -0.39 is 4.67 Å². The maximum absolute atomic E-state index is 5.96. The summed E-state index contributed by atoms with van der Waals surface area (Å²) in [6, 6.07) is 20.4. The van der Waals surface area contributed by atoms with E-state index in [1.807, 2.05) is 48.5 Å². The first kappa shape index (κ1) is 16.5. The maximum Gasteiger partial charge on any atom is 0.185 e. The Morgan fingerprint density at radius 2 is 1.50 bits per heavy atom. The molecule has 0 aromatic heterocycles. The summed E-state index contributed by atoms with van der Waals surface area (Å²) in [6.07, 6.45) is 0. The van der Waals surface area contributed by atoms with Crippen LogP contribution in [0.3, 0.4) is 0 Å². The van der Waals surface area contributed by atoms with Gasteiger partial charge in [-0.25, -0.2) is 0 Å². The second-order valence-corrected chi connectivity index (χ2v) is 15.4. The number of rotatable bonds is 7. The molecule has 0 aliphatic rings. The van der Waals surface area contributed by atoms with E-state index in [4.69, 9.17) is 16.3 Å². The van der Waals surface area contributed by atoms with Gasteiger partial charge in [0.15, 0.2) is 4.67 Å². The van der Waals surface area contributed by atoms with E-state index in [1.54, 1.807) is 11.4 Å². The van der Waals surface area contributed by atoms with Gasteiger partial charge in [-0.1, -0.05) is 72.0 Å². The first-order chi connectivity index (χ1) is 9.72. The van der Waals surface area contributed by atoms with Gasteiger partial charge in [-0.3, -0.25) is 0 Å². The Morgan fingerprint density at radius 3 is 2.05 bits per heavy atom. The Hall–Kier alpha value is 0.1000. The summed E-state index contributed by atoms with van der Waals surface area (Å²) in [5.41, 5.74) is 2.40. The van der Waals surface area contributed by atoms with Crippen LogP contribution in [0.25, 0.3) is 0 Å². The molecule has 1 unspecified atom stereocenters. The smallest absolute Gasteiger partial charge is 0.185 e. The predicted octanol–water partition coefficient (Wildman–Crippen LogP) is 5.94. The van der Waals surface area contributed by atoms with Crippen molar-refractivity contribution in [1.82, 2.24) is 0 Å². The molecule has 0 fully saturated rings. The molecule has 1 nitrogen and oxygen atoms in total. The largest absolute Gasteiger partial charge is 0.329 e. The SMILES string of the molecule is S=P(OCc1ccccc1)(SS)SCc1ccccc1. The molecule has 0 spiro atoms. The van der Waals surface area contributed by atoms with E-state index >= 15 is 0 Å². The predicted molar refractivity (Wildman–Crippen MR) is 99.8 cm³/mol. The Morgan fingerprint density at radius 1 is 0.950 bits per heavy atom. The van der Waals surface area contributed by atoms with E-state index in [0.717, 1.165) is 11.3 Å². The summed E-state index contributed by atoms with van der Waals surface area (Å²) >= 11 is 11.6. The summed E-state index contributed by atoms with van der Waals surface area (Å²) < 4.78 is 3.96. The second kappa shape index (κ2) is 8.52. The minimum Gasteiger partial charge on any atom is -0.329 e. The van der Waals surface area contributed by atoms with Crippen LogP contribution < -0.4 is 0 Å². The quantitative estimate of drug-likeness (QED) is 0.372. The van der Waals surface area contributed by atoms with Crippen molar-refractivity contribution < 1.29 is 4.52 Å². The Balaban J connectivity index is 1.90. The van der Waals surface area contributed by atoms with E-state index in [9.17, 15) is 0 Å². The summed E-state index contributed by atoms with van der Waals surface area (Å²) in [6.45, 7) is 0.549. The molecule has 0 bridgehead atoms. The number of thiol groups is 1. The van der Waals surface area contributed by atoms with Crippen LogP contribution in [0.1, 0.15) is 11.1 Å². The molecule has 106 valence electrons. The molecule has 0 N–H and O–H groups in total. The fraction of sp³-hybridized carbons (Fsp3) is 0.143. The topological polar surface area (TPSA) is 9.23 Å². The highest BCUT2D eigenvalue weighted by molar-refractivity contribution is 9.15. The van der Waals surface area contributed by atoms with Crippen LogP contribution in [-0.4, -0.2) is 0 Å². The van der Waals surface area contributed by atoms with Crippen molar-refractivity contribution in [2.24, 2.45) is 0 Å². The Bertz CT molecular complexity index is 514. The number of benzene rings is 2. The van der Waals surface area contributed by atoms with Crippen LogP contribution in [0.15, 0.2) is 60.7 Å². The van der Waals surface area contributed by atoms with Crippen molar-refractivity contribution in [1.29, 1.82) is 0 Å². The van der Waals surface area contributed by atoms with Crippen LogP contribution in [0.2, 0.25) is 0 Å². The zero-order valence-electron chi connectivity index (χ0n) is 10.7. The molecule has 20 heavy (non-hydrogen) atoms. The molecule has 6 heteroatoms. The highest BCUT2D eigenvalue weighted by Crippen LogP contribution is 2.72. The second-order valence-electron chi connectivity index (χ2n) is 4.05. The minimum absolute atomic E-state index is 0.549. The van der Waals surface area contributed by atoms with Crippen LogP contribution >= 0.6 is 38.1 Å². The molecule has 2 aromatic rings. The van der Waals surface area contributed by atoms with Crippen LogP contribution in [0.4, 0.5) is 0 Å². The lowest BCUT2D eigenvalue weighted by atomic mass is 10.2. The lowest BCUT2D eigenvalue weighted by Gasteiger charge is -2.18. The molecule has 0 saturated carbocycles. The van der Waals surface area contributed by atoms with Gasteiger partial charge in [0.2, 0.25) is 0 Å². The molecule has 0 aliphatic heterocycles. The zero-order chi connectivity index (χ0) is 14.3. The van der Waals surface area contributed by atoms with Gasteiger partial charge in [0.25, 0.3) is 0 Å². The van der Waals surface area contributed by atoms with Gasteiger partial charge in [0.05, 0.1) is 6.61 Å². The number of hydrogen-bond donors (Lipinski definition) is 1. The summed E-state index contributed by atoms with van der Waals surface area (Å²) in [5.74, 6) is 0.862. The van der Waals surface area contributed by atoms with Crippen molar-refractivity contribution >= 4 is 49.9 Å². The van der Waals surface area contributed by atoms with Gasteiger partial charge in [0.1, 0.15) is 0 Å². The lowest BCUT2D eigenvalue weighted by Crippen LogP contribution is -1.87.